The Balaban J connectivity index is 2.17. The Bertz CT molecular complexity index is 958. The zero-order valence-electron chi connectivity index (χ0n) is 14.4. The predicted octanol–water partition coefficient (Wildman–Crippen LogP) is 1.36. The highest BCUT2D eigenvalue weighted by Gasteiger charge is 2.19. The number of thiophene rings is 1. The molecule has 0 aliphatic rings. The van der Waals surface area contributed by atoms with Gasteiger partial charge in [-0.1, -0.05) is 0 Å². The third-order valence-electron chi connectivity index (χ3n) is 3.84. The lowest BCUT2D eigenvalue weighted by atomic mass is 10.5. The van der Waals surface area contributed by atoms with Crippen LogP contribution in [0.2, 0.25) is 0 Å². The van der Waals surface area contributed by atoms with Gasteiger partial charge < -0.3 is 14.4 Å². The quantitative estimate of drug-likeness (QED) is 0.589. The van der Waals surface area contributed by atoms with Gasteiger partial charge in [0.2, 0.25) is 5.95 Å². The van der Waals surface area contributed by atoms with E-state index in [1.165, 1.54) is 0 Å². The molecule has 3 aromatic heterocycles. The van der Waals surface area contributed by atoms with Gasteiger partial charge in [-0.3, -0.25) is 14.0 Å². The SMILES string of the molecule is CCOC(=O)Cn1nc(N(C)CCOC)n2c(cc3sccc32)c1=O. The third-order valence-corrected chi connectivity index (χ3v) is 4.70. The molecule has 9 heteroatoms. The average Bonchev–Trinajstić information content (AvgIpc) is 3.17. The van der Waals surface area contributed by atoms with Crippen LogP contribution in [0.5, 0.6) is 0 Å². The van der Waals surface area contributed by atoms with Crippen molar-refractivity contribution in [1.29, 1.82) is 0 Å². The third kappa shape index (κ3) is 3.24. The van der Waals surface area contributed by atoms with E-state index in [4.69, 9.17) is 9.47 Å². The smallest absolute Gasteiger partial charge is 0.327 e. The van der Waals surface area contributed by atoms with Gasteiger partial charge in [0.25, 0.3) is 5.56 Å². The first-order chi connectivity index (χ1) is 12.1. The molecule has 25 heavy (non-hydrogen) atoms. The van der Waals surface area contributed by atoms with Crippen LogP contribution in [0.15, 0.2) is 22.3 Å². The second kappa shape index (κ2) is 7.24. The number of rotatable bonds is 7. The van der Waals surface area contributed by atoms with Gasteiger partial charge in [0.05, 0.1) is 23.4 Å². The van der Waals surface area contributed by atoms with Crippen LogP contribution in [0.25, 0.3) is 15.7 Å². The minimum atomic E-state index is -0.486. The van der Waals surface area contributed by atoms with Crippen LogP contribution in [0.1, 0.15) is 6.92 Å². The van der Waals surface area contributed by atoms with Crippen LogP contribution in [-0.4, -0.2) is 54.1 Å². The fourth-order valence-electron chi connectivity index (χ4n) is 2.64. The van der Waals surface area contributed by atoms with E-state index in [9.17, 15) is 9.59 Å². The number of carbonyl (C=O) groups excluding carboxylic acids is 1. The van der Waals surface area contributed by atoms with Crippen molar-refractivity contribution in [3.8, 4) is 0 Å². The van der Waals surface area contributed by atoms with Gasteiger partial charge in [-0.15, -0.1) is 16.4 Å². The summed E-state index contributed by atoms with van der Waals surface area (Å²) in [4.78, 5) is 26.5. The Morgan fingerprint density at radius 1 is 1.40 bits per heavy atom. The molecule has 0 aliphatic heterocycles. The molecule has 3 heterocycles. The Morgan fingerprint density at radius 2 is 2.20 bits per heavy atom. The van der Waals surface area contributed by atoms with Gasteiger partial charge in [0.1, 0.15) is 12.1 Å². The largest absolute Gasteiger partial charge is 0.465 e. The van der Waals surface area contributed by atoms with Crippen LogP contribution < -0.4 is 10.5 Å². The van der Waals surface area contributed by atoms with Crippen LogP contribution in [-0.2, 0) is 20.8 Å². The highest BCUT2D eigenvalue weighted by atomic mass is 32.1. The van der Waals surface area contributed by atoms with E-state index in [1.54, 1.807) is 25.4 Å². The number of esters is 1. The summed E-state index contributed by atoms with van der Waals surface area (Å²) in [7, 11) is 3.50. The van der Waals surface area contributed by atoms with Crippen LogP contribution in [0, 0.1) is 0 Å². The van der Waals surface area contributed by atoms with Crippen molar-refractivity contribution in [2.75, 3.05) is 38.8 Å². The van der Waals surface area contributed by atoms with E-state index < -0.39 is 5.97 Å². The number of methoxy groups -OCH3 is 1. The molecular formula is C16H20N4O4S. The topological polar surface area (TPSA) is 78.1 Å². The molecule has 0 unspecified atom stereocenters. The molecule has 0 radical (unpaired) electrons. The van der Waals surface area contributed by atoms with E-state index in [-0.39, 0.29) is 18.7 Å². The van der Waals surface area contributed by atoms with Crippen LogP contribution >= 0.6 is 11.3 Å². The van der Waals surface area contributed by atoms with Crippen molar-refractivity contribution >= 4 is 39.0 Å². The number of hydrogen-bond acceptors (Lipinski definition) is 7. The Morgan fingerprint density at radius 3 is 2.92 bits per heavy atom. The number of hydrogen-bond donors (Lipinski definition) is 0. The van der Waals surface area contributed by atoms with Gasteiger partial charge in [0, 0.05) is 20.7 Å². The number of nitrogens with zero attached hydrogens (tertiary/aromatic N) is 4. The van der Waals surface area contributed by atoms with E-state index in [1.807, 2.05) is 33.9 Å². The molecule has 0 bridgehead atoms. The van der Waals surface area contributed by atoms with E-state index in [2.05, 4.69) is 5.10 Å². The molecule has 0 fully saturated rings. The summed E-state index contributed by atoms with van der Waals surface area (Å²) >= 11 is 1.56. The van der Waals surface area contributed by atoms with Gasteiger partial charge in [-0.05, 0) is 24.4 Å². The first-order valence-electron chi connectivity index (χ1n) is 7.92. The molecule has 0 N–H and O–H groups in total. The van der Waals surface area contributed by atoms with Gasteiger partial charge >= 0.3 is 5.97 Å². The summed E-state index contributed by atoms with van der Waals surface area (Å²) in [5.74, 6) is 0.0876. The maximum atomic E-state index is 12.8. The van der Waals surface area contributed by atoms with Crippen molar-refractivity contribution in [1.82, 2.24) is 14.2 Å². The maximum absolute atomic E-state index is 12.8. The van der Waals surface area contributed by atoms with E-state index in [0.29, 0.717) is 24.6 Å². The summed E-state index contributed by atoms with van der Waals surface area (Å²) in [5.41, 5.74) is 1.09. The van der Waals surface area contributed by atoms with Crippen molar-refractivity contribution in [3.63, 3.8) is 0 Å². The molecule has 8 nitrogen and oxygen atoms in total. The molecule has 0 atom stereocenters. The molecule has 0 saturated heterocycles. The maximum Gasteiger partial charge on any atom is 0.327 e. The average molecular weight is 364 g/mol. The van der Waals surface area contributed by atoms with E-state index >= 15 is 0 Å². The minimum Gasteiger partial charge on any atom is -0.465 e. The van der Waals surface area contributed by atoms with Crippen molar-refractivity contribution in [2.45, 2.75) is 13.5 Å². The summed E-state index contributed by atoms with van der Waals surface area (Å²) in [6.07, 6.45) is 0. The number of aromatic nitrogens is 3. The number of likely N-dealkylation sites (N-methyl/N-ethyl adjacent to an activating group) is 1. The molecule has 0 amide bonds. The molecule has 0 aliphatic carbocycles. The van der Waals surface area contributed by atoms with Crippen molar-refractivity contribution in [3.05, 3.63) is 27.9 Å². The Hall–Kier alpha value is -2.39. The Labute approximate surface area is 148 Å². The fraction of sp³-hybridized carbons (Fsp3) is 0.438. The summed E-state index contributed by atoms with van der Waals surface area (Å²) in [6, 6.07) is 3.79. The first-order valence-corrected chi connectivity index (χ1v) is 8.80. The summed E-state index contributed by atoms with van der Waals surface area (Å²) < 4.78 is 14.1. The monoisotopic (exact) mass is 364 g/mol. The molecule has 0 saturated carbocycles. The minimum absolute atomic E-state index is 0.215. The first kappa shape index (κ1) is 17.4. The molecular weight excluding hydrogens is 344 g/mol. The number of carbonyl (C=O) groups is 1. The van der Waals surface area contributed by atoms with Gasteiger partial charge in [-0.2, -0.15) is 0 Å². The second-order valence-corrected chi connectivity index (χ2v) is 6.46. The summed E-state index contributed by atoms with van der Waals surface area (Å²) in [5, 5.41) is 6.39. The normalized spacial score (nSPS) is 11.3. The zero-order chi connectivity index (χ0) is 18.0. The molecule has 3 rings (SSSR count). The fourth-order valence-corrected chi connectivity index (χ4v) is 3.44. The lowest BCUT2D eigenvalue weighted by molar-refractivity contribution is -0.144. The van der Waals surface area contributed by atoms with Gasteiger partial charge in [0.15, 0.2) is 0 Å². The lowest BCUT2D eigenvalue weighted by Gasteiger charge is -2.20. The zero-order valence-corrected chi connectivity index (χ0v) is 15.2. The second-order valence-electron chi connectivity index (χ2n) is 5.52. The lowest BCUT2D eigenvalue weighted by Crippen LogP contribution is -2.34. The Kier molecular flexibility index (Phi) is 5.05. The highest BCUT2D eigenvalue weighted by molar-refractivity contribution is 7.17. The number of anilines is 1. The highest BCUT2D eigenvalue weighted by Crippen LogP contribution is 2.26. The molecule has 0 aromatic carbocycles. The molecule has 134 valence electrons. The standard InChI is InChI=1S/C16H20N4O4S/c1-4-24-14(21)10-19-15(22)12-9-13-11(5-8-25-13)20(12)16(17-19)18(2)6-7-23-3/h5,8-9H,4,6-7,10H2,1-3H3. The number of fused-ring (bicyclic) bond motifs is 3. The van der Waals surface area contributed by atoms with E-state index in [0.717, 1.165) is 14.9 Å². The molecule has 0 spiro atoms. The molecule has 3 aromatic rings. The van der Waals surface area contributed by atoms with Crippen LogP contribution in [0.4, 0.5) is 5.95 Å². The predicted molar refractivity (Wildman–Crippen MR) is 96.6 cm³/mol. The number of ether oxygens (including phenoxy) is 2. The summed E-state index contributed by atoms with van der Waals surface area (Å²) in [6.45, 7) is 2.89. The van der Waals surface area contributed by atoms with Gasteiger partial charge in [-0.25, -0.2) is 4.68 Å². The van der Waals surface area contributed by atoms with Crippen molar-refractivity contribution in [2.24, 2.45) is 0 Å². The van der Waals surface area contributed by atoms with Crippen molar-refractivity contribution < 1.29 is 14.3 Å². The van der Waals surface area contributed by atoms with Crippen LogP contribution in [0.3, 0.4) is 0 Å².